The topological polar surface area (TPSA) is 75.4 Å². The molecule has 0 radical (unpaired) electrons. The Hall–Kier alpha value is -2.63. The molecule has 1 aliphatic rings. The van der Waals surface area contributed by atoms with Crippen LogP contribution in [0.5, 0.6) is 0 Å². The quantitative estimate of drug-likeness (QED) is 0.928. The maximum absolute atomic E-state index is 12.4. The SMILES string of the molecule is O=C(O)[C@H]1CCN(C(=O)c2cnn(Cc3ccccc3)c2)C1. The first kappa shape index (κ1) is 14.3. The molecule has 0 spiro atoms. The van der Waals surface area contributed by atoms with E-state index in [1.165, 1.54) is 0 Å². The highest BCUT2D eigenvalue weighted by atomic mass is 16.4. The smallest absolute Gasteiger partial charge is 0.308 e. The van der Waals surface area contributed by atoms with Gasteiger partial charge in [0.05, 0.1) is 24.2 Å². The van der Waals surface area contributed by atoms with Crippen molar-refractivity contribution in [2.45, 2.75) is 13.0 Å². The standard InChI is InChI=1S/C16H17N3O3/c20-15(18-7-6-13(10-18)16(21)22)14-8-17-19(11-14)9-12-4-2-1-3-5-12/h1-5,8,11,13H,6-7,9-10H2,(H,21,22)/t13-/m0/s1. The van der Waals surface area contributed by atoms with Gasteiger partial charge in [-0.1, -0.05) is 30.3 Å². The normalized spacial score (nSPS) is 17.6. The average Bonchev–Trinajstić information content (AvgIpc) is 3.17. The molecule has 3 rings (SSSR count). The Morgan fingerprint density at radius 3 is 2.73 bits per heavy atom. The molecule has 2 heterocycles. The van der Waals surface area contributed by atoms with Crippen LogP contribution in [0.3, 0.4) is 0 Å². The van der Waals surface area contributed by atoms with Crippen molar-refractivity contribution < 1.29 is 14.7 Å². The third kappa shape index (κ3) is 3.00. The van der Waals surface area contributed by atoms with E-state index in [0.29, 0.717) is 25.1 Å². The molecule has 1 aromatic carbocycles. The van der Waals surface area contributed by atoms with Crippen molar-refractivity contribution in [1.82, 2.24) is 14.7 Å². The molecule has 1 amide bonds. The molecular formula is C16H17N3O3. The first-order chi connectivity index (χ1) is 10.6. The molecule has 0 saturated carbocycles. The van der Waals surface area contributed by atoms with E-state index in [0.717, 1.165) is 5.56 Å². The number of likely N-dealkylation sites (tertiary alicyclic amines) is 1. The first-order valence-corrected chi connectivity index (χ1v) is 7.22. The van der Waals surface area contributed by atoms with Crippen LogP contribution >= 0.6 is 0 Å². The summed E-state index contributed by atoms with van der Waals surface area (Å²) in [7, 11) is 0. The number of rotatable bonds is 4. The number of carbonyl (C=O) groups is 2. The lowest BCUT2D eigenvalue weighted by Crippen LogP contribution is -2.29. The number of aromatic nitrogens is 2. The van der Waals surface area contributed by atoms with Crippen LogP contribution in [0.25, 0.3) is 0 Å². The molecule has 2 aromatic rings. The van der Waals surface area contributed by atoms with Gasteiger partial charge in [0, 0.05) is 19.3 Å². The highest BCUT2D eigenvalue weighted by Gasteiger charge is 2.31. The molecule has 0 aliphatic carbocycles. The van der Waals surface area contributed by atoms with Crippen molar-refractivity contribution in [3.8, 4) is 0 Å². The maximum Gasteiger partial charge on any atom is 0.308 e. The fourth-order valence-electron chi connectivity index (χ4n) is 2.66. The summed E-state index contributed by atoms with van der Waals surface area (Å²) in [5.41, 5.74) is 1.61. The van der Waals surface area contributed by atoms with Gasteiger partial charge in [-0.3, -0.25) is 14.3 Å². The molecule has 22 heavy (non-hydrogen) atoms. The Balaban J connectivity index is 1.66. The van der Waals surface area contributed by atoms with E-state index >= 15 is 0 Å². The molecule has 114 valence electrons. The van der Waals surface area contributed by atoms with Crippen molar-refractivity contribution in [3.63, 3.8) is 0 Å². The molecule has 1 aromatic heterocycles. The lowest BCUT2D eigenvalue weighted by Gasteiger charge is -2.14. The minimum absolute atomic E-state index is 0.150. The van der Waals surface area contributed by atoms with Crippen LogP contribution in [-0.4, -0.2) is 44.8 Å². The molecule has 1 aliphatic heterocycles. The zero-order valence-corrected chi connectivity index (χ0v) is 12.1. The summed E-state index contributed by atoms with van der Waals surface area (Å²) >= 11 is 0. The summed E-state index contributed by atoms with van der Waals surface area (Å²) in [6.45, 7) is 1.36. The van der Waals surface area contributed by atoms with Crippen molar-refractivity contribution in [2.75, 3.05) is 13.1 Å². The Bertz CT molecular complexity index is 681. The summed E-state index contributed by atoms with van der Waals surface area (Å²) in [5.74, 6) is -1.44. The predicted octanol–water partition coefficient (Wildman–Crippen LogP) is 1.48. The van der Waals surface area contributed by atoms with E-state index in [1.54, 1.807) is 22.0 Å². The Morgan fingerprint density at radius 2 is 2.05 bits per heavy atom. The lowest BCUT2D eigenvalue weighted by atomic mass is 10.1. The molecule has 1 N–H and O–H groups in total. The fourth-order valence-corrected chi connectivity index (χ4v) is 2.66. The fraction of sp³-hybridized carbons (Fsp3) is 0.312. The summed E-state index contributed by atoms with van der Waals surface area (Å²) in [6.07, 6.45) is 3.77. The second kappa shape index (κ2) is 6.01. The average molecular weight is 299 g/mol. The van der Waals surface area contributed by atoms with Crippen LogP contribution in [-0.2, 0) is 11.3 Å². The third-order valence-electron chi connectivity index (χ3n) is 3.89. The molecule has 0 unspecified atom stereocenters. The van der Waals surface area contributed by atoms with Gasteiger partial charge in [-0.25, -0.2) is 0 Å². The van der Waals surface area contributed by atoms with Crippen molar-refractivity contribution in [1.29, 1.82) is 0 Å². The summed E-state index contributed by atoms with van der Waals surface area (Å²) in [5, 5.41) is 13.2. The van der Waals surface area contributed by atoms with E-state index in [2.05, 4.69) is 5.10 Å². The van der Waals surface area contributed by atoms with E-state index in [1.807, 2.05) is 30.3 Å². The van der Waals surface area contributed by atoms with Gasteiger partial charge in [-0.05, 0) is 12.0 Å². The highest BCUT2D eigenvalue weighted by Crippen LogP contribution is 2.18. The van der Waals surface area contributed by atoms with Crippen LogP contribution in [0.1, 0.15) is 22.3 Å². The first-order valence-electron chi connectivity index (χ1n) is 7.22. The number of carboxylic acid groups (broad SMARTS) is 1. The van der Waals surface area contributed by atoms with Crippen LogP contribution in [0, 0.1) is 5.92 Å². The van der Waals surface area contributed by atoms with Gasteiger partial charge < -0.3 is 10.0 Å². The molecule has 1 saturated heterocycles. The number of amides is 1. The van der Waals surface area contributed by atoms with Gasteiger partial charge >= 0.3 is 5.97 Å². The Labute approximate surface area is 128 Å². The molecule has 1 atom stereocenters. The molecular weight excluding hydrogens is 282 g/mol. The van der Waals surface area contributed by atoms with Crippen molar-refractivity contribution >= 4 is 11.9 Å². The zero-order chi connectivity index (χ0) is 15.5. The highest BCUT2D eigenvalue weighted by molar-refractivity contribution is 5.94. The number of nitrogens with zero attached hydrogens (tertiary/aromatic N) is 3. The number of benzene rings is 1. The number of aliphatic carboxylic acids is 1. The van der Waals surface area contributed by atoms with Crippen LogP contribution < -0.4 is 0 Å². The monoisotopic (exact) mass is 299 g/mol. The zero-order valence-electron chi connectivity index (χ0n) is 12.1. The van der Waals surface area contributed by atoms with Crippen LogP contribution in [0.2, 0.25) is 0 Å². The van der Waals surface area contributed by atoms with Gasteiger partial charge in [0.25, 0.3) is 5.91 Å². The molecule has 6 heteroatoms. The second-order valence-electron chi connectivity index (χ2n) is 5.49. The number of carboxylic acids is 1. The van der Waals surface area contributed by atoms with Crippen LogP contribution in [0.4, 0.5) is 0 Å². The maximum atomic E-state index is 12.4. The molecule has 0 bridgehead atoms. The number of hydrogen-bond donors (Lipinski definition) is 1. The third-order valence-corrected chi connectivity index (χ3v) is 3.89. The van der Waals surface area contributed by atoms with Gasteiger partial charge in [0.1, 0.15) is 0 Å². The Kier molecular flexibility index (Phi) is 3.91. The minimum atomic E-state index is -0.838. The largest absolute Gasteiger partial charge is 0.481 e. The van der Waals surface area contributed by atoms with E-state index in [-0.39, 0.29) is 12.5 Å². The number of hydrogen-bond acceptors (Lipinski definition) is 3. The summed E-state index contributed by atoms with van der Waals surface area (Å²) in [4.78, 5) is 24.9. The minimum Gasteiger partial charge on any atom is -0.481 e. The van der Waals surface area contributed by atoms with Gasteiger partial charge in [0.2, 0.25) is 0 Å². The van der Waals surface area contributed by atoms with E-state index in [4.69, 9.17) is 5.11 Å². The molecule has 6 nitrogen and oxygen atoms in total. The van der Waals surface area contributed by atoms with Crippen LogP contribution in [0.15, 0.2) is 42.7 Å². The predicted molar refractivity (Wildman–Crippen MR) is 79.4 cm³/mol. The van der Waals surface area contributed by atoms with Gasteiger partial charge in [0.15, 0.2) is 0 Å². The van der Waals surface area contributed by atoms with E-state index < -0.39 is 11.9 Å². The number of carbonyl (C=O) groups excluding carboxylic acids is 1. The van der Waals surface area contributed by atoms with Gasteiger partial charge in [-0.2, -0.15) is 5.10 Å². The van der Waals surface area contributed by atoms with Crippen molar-refractivity contribution in [3.05, 3.63) is 53.9 Å². The lowest BCUT2D eigenvalue weighted by molar-refractivity contribution is -0.141. The summed E-state index contributed by atoms with van der Waals surface area (Å²) < 4.78 is 1.72. The Morgan fingerprint density at radius 1 is 1.27 bits per heavy atom. The van der Waals surface area contributed by atoms with Crippen molar-refractivity contribution in [2.24, 2.45) is 5.92 Å². The van der Waals surface area contributed by atoms with Gasteiger partial charge in [-0.15, -0.1) is 0 Å². The summed E-state index contributed by atoms with van der Waals surface area (Å²) in [6, 6.07) is 9.87. The second-order valence-corrected chi connectivity index (χ2v) is 5.49. The van der Waals surface area contributed by atoms with E-state index in [9.17, 15) is 9.59 Å². The molecule has 1 fully saturated rings.